The van der Waals surface area contributed by atoms with Gasteiger partial charge in [-0.05, 0) is 0 Å². The van der Waals surface area contributed by atoms with Gasteiger partial charge in [0, 0.05) is 10.8 Å². The quantitative estimate of drug-likeness (QED) is 0.636. The number of nitrogen functional groups attached to an aromatic ring is 2. The average molecular weight is 170 g/mol. The van der Waals surface area contributed by atoms with Gasteiger partial charge in [0.15, 0.2) is 0 Å². The van der Waals surface area contributed by atoms with Gasteiger partial charge in [-0.3, -0.25) is 0 Å². The standard InChI is InChI=1S/C6H6N2S2/c7-3-1-9-6-4(8)2-10-5(3)6/h1-2H,7-8H2. The van der Waals surface area contributed by atoms with Crippen LogP contribution in [0.2, 0.25) is 0 Å². The molecule has 0 aliphatic heterocycles. The molecule has 0 aliphatic carbocycles. The Morgan fingerprint density at radius 1 is 0.900 bits per heavy atom. The Hall–Kier alpha value is -0.740. The van der Waals surface area contributed by atoms with E-state index in [4.69, 9.17) is 11.5 Å². The van der Waals surface area contributed by atoms with Crippen LogP contribution in [0.3, 0.4) is 0 Å². The number of nitrogens with two attached hydrogens (primary N) is 2. The normalized spacial score (nSPS) is 10.8. The van der Waals surface area contributed by atoms with Gasteiger partial charge in [-0.2, -0.15) is 0 Å². The van der Waals surface area contributed by atoms with Crippen molar-refractivity contribution in [2.75, 3.05) is 11.5 Å². The molecule has 0 aromatic carbocycles. The first-order valence-electron chi connectivity index (χ1n) is 2.78. The molecule has 0 atom stereocenters. The summed E-state index contributed by atoms with van der Waals surface area (Å²) < 4.78 is 2.25. The maximum absolute atomic E-state index is 5.65. The Morgan fingerprint density at radius 2 is 1.30 bits per heavy atom. The van der Waals surface area contributed by atoms with Crippen LogP contribution < -0.4 is 11.5 Å². The molecule has 0 unspecified atom stereocenters. The molecule has 2 heterocycles. The van der Waals surface area contributed by atoms with Crippen molar-refractivity contribution in [3.8, 4) is 0 Å². The number of thiophene rings is 2. The van der Waals surface area contributed by atoms with Crippen LogP contribution in [0, 0.1) is 0 Å². The van der Waals surface area contributed by atoms with Crippen LogP contribution in [0.5, 0.6) is 0 Å². The van der Waals surface area contributed by atoms with Crippen molar-refractivity contribution < 1.29 is 0 Å². The van der Waals surface area contributed by atoms with Crippen molar-refractivity contribution in [1.29, 1.82) is 0 Å². The molecular weight excluding hydrogens is 164 g/mol. The Balaban J connectivity index is 2.95. The molecule has 0 aliphatic rings. The third-order valence-corrected chi connectivity index (χ3v) is 3.56. The molecule has 4 N–H and O–H groups in total. The van der Waals surface area contributed by atoms with Gasteiger partial charge in [0.25, 0.3) is 0 Å². The van der Waals surface area contributed by atoms with Crippen LogP contribution in [0.15, 0.2) is 10.8 Å². The Kier molecular flexibility index (Phi) is 1.12. The topological polar surface area (TPSA) is 52.0 Å². The Bertz CT molecular complexity index is 325. The van der Waals surface area contributed by atoms with Crippen molar-refractivity contribution in [2.24, 2.45) is 0 Å². The van der Waals surface area contributed by atoms with Gasteiger partial charge in [0.05, 0.1) is 20.8 Å². The van der Waals surface area contributed by atoms with Gasteiger partial charge < -0.3 is 11.5 Å². The highest BCUT2D eigenvalue weighted by Gasteiger charge is 2.04. The monoisotopic (exact) mass is 170 g/mol. The molecule has 10 heavy (non-hydrogen) atoms. The Morgan fingerprint density at radius 3 is 1.70 bits per heavy atom. The molecule has 0 radical (unpaired) electrons. The van der Waals surface area contributed by atoms with Crippen LogP contribution >= 0.6 is 22.7 Å². The van der Waals surface area contributed by atoms with Gasteiger partial charge in [-0.25, -0.2) is 0 Å². The first kappa shape index (κ1) is 6.00. The summed E-state index contributed by atoms with van der Waals surface area (Å²) in [6.45, 7) is 0. The summed E-state index contributed by atoms with van der Waals surface area (Å²) in [5.41, 5.74) is 13.0. The zero-order valence-electron chi connectivity index (χ0n) is 5.13. The molecular formula is C6H6N2S2. The van der Waals surface area contributed by atoms with E-state index in [2.05, 4.69) is 0 Å². The largest absolute Gasteiger partial charge is 0.397 e. The second-order valence-electron chi connectivity index (χ2n) is 2.04. The van der Waals surface area contributed by atoms with E-state index < -0.39 is 0 Å². The molecule has 0 saturated carbocycles. The highest BCUT2D eigenvalue weighted by atomic mass is 32.1. The summed E-state index contributed by atoms with van der Waals surface area (Å²) in [6.07, 6.45) is 0. The number of fused-ring (bicyclic) bond motifs is 1. The third-order valence-electron chi connectivity index (χ3n) is 1.34. The second kappa shape index (κ2) is 1.87. The fourth-order valence-electron chi connectivity index (χ4n) is 0.857. The molecule has 0 amide bonds. The van der Waals surface area contributed by atoms with E-state index in [1.807, 2.05) is 10.8 Å². The van der Waals surface area contributed by atoms with Crippen molar-refractivity contribution in [3.05, 3.63) is 10.8 Å². The van der Waals surface area contributed by atoms with E-state index in [0.717, 1.165) is 20.8 Å². The number of rotatable bonds is 0. The average Bonchev–Trinajstić information content (AvgIpc) is 2.41. The van der Waals surface area contributed by atoms with Gasteiger partial charge in [-0.15, -0.1) is 22.7 Å². The summed E-state index contributed by atoms with van der Waals surface area (Å²) in [5, 5.41) is 3.86. The summed E-state index contributed by atoms with van der Waals surface area (Å²) in [4.78, 5) is 0. The lowest BCUT2D eigenvalue weighted by molar-refractivity contribution is 1.98. The second-order valence-corrected chi connectivity index (χ2v) is 3.80. The molecule has 0 spiro atoms. The lowest BCUT2D eigenvalue weighted by Gasteiger charge is -1.79. The van der Waals surface area contributed by atoms with E-state index in [1.54, 1.807) is 22.7 Å². The van der Waals surface area contributed by atoms with Gasteiger partial charge in [-0.1, -0.05) is 0 Å². The van der Waals surface area contributed by atoms with E-state index in [1.165, 1.54) is 0 Å². The maximum atomic E-state index is 5.65. The first-order chi connectivity index (χ1) is 4.79. The molecule has 0 fully saturated rings. The summed E-state index contributed by atoms with van der Waals surface area (Å²) in [6, 6.07) is 0. The van der Waals surface area contributed by atoms with Crippen molar-refractivity contribution in [1.82, 2.24) is 0 Å². The van der Waals surface area contributed by atoms with E-state index in [9.17, 15) is 0 Å². The number of anilines is 2. The minimum Gasteiger partial charge on any atom is -0.397 e. The highest BCUT2D eigenvalue weighted by molar-refractivity contribution is 7.28. The van der Waals surface area contributed by atoms with Crippen LogP contribution in [0.4, 0.5) is 11.4 Å². The predicted octanol–water partition coefficient (Wildman–Crippen LogP) is 2.13. The predicted molar refractivity (Wildman–Crippen MR) is 48.5 cm³/mol. The Labute approximate surface area is 66.1 Å². The fourth-order valence-corrected chi connectivity index (χ4v) is 2.86. The first-order valence-corrected chi connectivity index (χ1v) is 4.54. The van der Waals surface area contributed by atoms with Gasteiger partial charge >= 0.3 is 0 Å². The van der Waals surface area contributed by atoms with E-state index in [0.29, 0.717) is 0 Å². The summed E-state index contributed by atoms with van der Waals surface area (Å²) >= 11 is 3.22. The minimum atomic E-state index is 0.849. The summed E-state index contributed by atoms with van der Waals surface area (Å²) in [5.74, 6) is 0. The van der Waals surface area contributed by atoms with E-state index in [-0.39, 0.29) is 0 Å². The molecule has 52 valence electrons. The molecule has 0 saturated heterocycles. The van der Waals surface area contributed by atoms with Gasteiger partial charge in [0.1, 0.15) is 0 Å². The van der Waals surface area contributed by atoms with Crippen LogP contribution in [0.25, 0.3) is 9.40 Å². The number of hydrogen-bond acceptors (Lipinski definition) is 4. The van der Waals surface area contributed by atoms with Crippen LogP contribution in [0.1, 0.15) is 0 Å². The SMILES string of the molecule is Nc1csc2c(N)csc12. The third kappa shape index (κ3) is 0.629. The minimum absolute atomic E-state index is 0.849. The van der Waals surface area contributed by atoms with Crippen LogP contribution in [-0.2, 0) is 0 Å². The molecule has 2 aromatic heterocycles. The lowest BCUT2D eigenvalue weighted by atomic mass is 10.4. The number of hydrogen-bond donors (Lipinski definition) is 2. The van der Waals surface area contributed by atoms with Crippen molar-refractivity contribution in [2.45, 2.75) is 0 Å². The summed E-state index contributed by atoms with van der Waals surface area (Å²) in [7, 11) is 0. The molecule has 2 nitrogen and oxygen atoms in total. The lowest BCUT2D eigenvalue weighted by Crippen LogP contribution is -1.77. The fraction of sp³-hybridized carbons (Fsp3) is 0. The van der Waals surface area contributed by atoms with E-state index >= 15 is 0 Å². The zero-order chi connectivity index (χ0) is 7.14. The highest BCUT2D eigenvalue weighted by Crippen LogP contribution is 2.37. The maximum Gasteiger partial charge on any atom is 0.0701 e. The molecule has 2 aromatic rings. The smallest absolute Gasteiger partial charge is 0.0701 e. The van der Waals surface area contributed by atoms with Crippen molar-refractivity contribution >= 4 is 43.4 Å². The molecule has 2 rings (SSSR count). The molecule has 0 bridgehead atoms. The van der Waals surface area contributed by atoms with Crippen molar-refractivity contribution in [3.63, 3.8) is 0 Å². The zero-order valence-corrected chi connectivity index (χ0v) is 6.76. The molecule has 4 heteroatoms. The van der Waals surface area contributed by atoms with Gasteiger partial charge in [0.2, 0.25) is 0 Å². The van der Waals surface area contributed by atoms with Crippen LogP contribution in [-0.4, -0.2) is 0 Å².